The third-order valence-corrected chi connectivity index (χ3v) is 0.732. The van der Waals surface area contributed by atoms with Gasteiger partial charge in [0.25, 0.3) is 0 Å². The molecule has 0 amide bonds. The fourth-order valence-corrected chi connectivity index (χ4v) is 0.366. The van der Waals surface area contributed by atoms with E-state index in [2.05, 4.69) is 4.99 Å². The van der Waals surface area contributed by atoms with Crippen molar-refractivity contribution in [2.45, 2.75) is 6.92 Å². The summed E-state index contributed by atoms with van der Waals surface area (Å²) in [4.78, 5) is 12.8. The van der Waals surface area contributed by atoms with Gasteiger partial charge in [0.05, 0.1) is 0 Å². The lowest BCUT2D eigenvalue weighted by atomic mass is 10.5. The van der Waals surface area contributed by atoms with E-state index in [0.29, 0.717) is 0 Å². The Hall–Kier alpha value is -1.19. The van der Waals surface area contributed by atoms with E-state index in [1.54, 1.807) is 13.0 Å². The summed E-state index contributed by atoms with van der Waals surface area (Å²) in [7, 11) is 1.39. The third kappa shape index (κ3) is 2.58. The van der Waals surface area contributed by atoms with Crippen molar-refractivity contribution in [2.24, 2.45) is 4.99 Å². The Morgan fingerprint density at radius 2 is 2.33 bits per heavy atom. The van der Waals surface area contributed by atoms with Crippen molar-refractivity contribution in [3.63, 3.8) is 0 Å². The number of nitrogens with zero attached hydrogens (tertiary/aromatic N) is 2. The molecule has 0 aromatic carbocycles. The minimum absolute atomic E-state index is 0.113. The zero-order chi connectivity index (χ0) is 7.28. The van der Waals surface area contributed by atoms with Crippen LogP contribution in [0.3, 0.4) is 0 Å². The largest absolute Gasteiger partial charge is 0.358 e. The predicted molar refractivity (Wildman–Crippen MR) is 35.2 cm³/mol. The van der Waals surface area contributed by atoms with Gasteiger partial charge in [-0.25, -0.2) is 0 Å². The van der Waals surface area contributed by atoms with Crippen molar-refractivity contribution in [1.82, 2.24) is 0 Å². The van der Waals surface area contributed by atoms with Crippen LogP contribution < -0.4 is 0 Å². The average Bonchev–Trinajstić information content (AvgIpc) is 1.82. The summed E-state index contributed by atoms with van der Waals surface area (Å²) in [5.74, 6) is -0.113. The highest BCUT2D eigenvalue weighted by molar-refractivity contribution is 5.85. The molecule has 0 radical (unpaired) electrons. The number of hydrogen-bond donors (Lipinski definition) is 0. The minimum atomic E-state index is -0.528. The molecule has 9 heavy (non-hydrogen) atoms. The molecule has 0 N–H and O–H groups in total. The Kier molecular flexibility index (Phi) is 3.27. The minimum Gasteiger partial charge on any atom is -0.358 e. The van der Waals surface area contributed by atoms with Crippen LogP contribution in [0.1, 0.15) is 6.92 Å². The number of amidine groups is 1. The van der Waals surface area contributed by atoms with Crippen LogP contribution >= 0.6 is 0 Å². The van der Waals surface area contributed by atoms with Crippen LogP contribution in [0.4, 0.5) is 0 Å². The molecule has 0 aliphatic heterocycles. The first-order valence-corrected chi connectivity index (χ1v) is 2.46. The molecule has 0 bridgehead atoms. The van der Waals surface area contributed by atoms with Gasteiger partial charge in [0.2, 0.25) is 0 Å². The van der Waals surface area contributed by atoms with E-state index in [4.69, 9.17) is 0 Å². The zero-order valence-corrected chi connectivity index (χ0v) is 5.37. The smallest absolute Gasteiger partial charge is 0.357 e. The Labute approximate surface area is 53.1 Å². The summed E-state index contributed by atoms with van der Waals surface area (Å²) in [6, 6.07) is 0. The molecular formula is C5H8N2O2. The van der Waals surface area contributed by atoms with Gasteiger partial charge in [-0.05, 0) is 11.8 Å². The van der Waals surface area contributed by atoms with Crippen molar-refractivity contribution < 1.29 is 4.92 Å². The zero-order valence-electron chi connectivity index (χ0n) is 5.37. The normalized spacial score (nSPS) is 12.4. The van der Waals surface area contributed by atoms with Gasteiger partial charge in [0, 0.05) is 6.08 Å². The highest BCUT2D eigenvalue weighted by atomic mass is 16.6. The summed E-state index contributed by atoms with van der Waals surface area (Å²) in [6.07, 6.45) is 2.92. The van der Waals surface area contributed by atoms with Crippen LogP contribution in [-0.2, 0) is 0 Å². The van der Waals surface area contributed by atoms with E-state index in [-0.39, 0.29) is 5.84 Å². The van der Waals surface area contributed by atoms with Gasteiger partial charge in [-0.3, -0.25) is 0 Å². The van der Waals surface area contributed by atoms with Crippen LogP contribution in [0.25, 0.3) is 0 Å². The van der Waals surface area contributed by atoms with Gasteiger partial charge in [-0.1, -0.05) is 11.1 Å². The molecule has 0 rings (SSSR count). The third-order valence-electron chi connectivity index (χ3n) is 0.732. The maximum Gasteiger partial charge on any atom is 0.357 e. The summed E-state index contributed by atoms with van der Waals surface area (Å²) >= 11 is 0. The van der Waals surface area contributed by atoms with Gasteiger partial charge in [0.1, 0.15) is 7.05 Å². The second-order valence-corrected chi connectivity index (χ2v) is 1.34. The maximum atomic E-state index is 9.94. The standard InChI is InChI=1S/C5H8N2O2/c1-3-4-5(6-2)7(8)9/h3-4H,1-2H3/b4-3-,6-5?. The molecule has 0 heterocycles. The van der Waals surface area contributed by atoms with Gasteiger partial charge >= 0.3 is 5.84 Å². The maximum absolute atomic E-state index is 9.94. The lowest BCUT2D eigenvalue weighted by Gasteiger charge is -1.87. The lowest BCUT2D eigenvalue weighted by Crippen LogP contribution is -2.07. The fraction of sp³-hybridized carbons (Fsp3) is 0.400. The van der Waals surface area contributed by atoms with E-state index in [9.17, 15) is 10.1 Å². The fourth-order valence-electron chi connectivity index (χ4n) is 0.366. The molecule has 0 aliphatic carbocycles. The number of allylic oxidation sites excluding steroid dienone is 1. The Morgan fingerprint density at radius 1 is 1.78 bits per heavy atom. The lowest BCUT2D eigenvalue weighted by molar-refractivity contribution is -0.348. The summed E-state index contributed by atoms with van der Waals surface area (Å²) in [5, 5.41) is 9.94. The quantitative estimate of drug-likeness (QED) is 0.227. The predicted octanol–water partition coefficient (Wildman–Crippen LogP) is 0.868. The van der Waals surface area contributed by atoms with Crippen molar-refractivity contribution in [1.29, 1.82) is 0 Å². The molecule has 0 aromatic rings. The van der Waals surface area contributed by atoms with E-state index >= 15 is 0 Å². The second kappa shape index (κ2) is 3.77. The van der Waals surface area contributed by atoms with E-state index in [0.717, 1.165) is 0 Å². The molecular weight excluding hydrogens is 120 g/mol. The first-order valence-electron chi connectivity index (χ1n) is 2.46. The van der Waals surface area contributed by atoms with E-state index in [1.165, 1.54) is 13.1 Å². The molecule has 0 saturated heterocycles. The van der Waals surface area contributed by atoms with E-state index < -0.39 is 4.92 Å². The van der Waals surface area contributed by atoms with Gasteiger partial charge in [0.15, 0.2) is 0 Å². The average molecular weight is 128 g/mol. The van der Waals surface area contributed by atoms with Gasteiger partial charge < -0.3 is 10.1 Å². The second-order valence-electron chi connectivity index (χ2n) is 1.34. The molecule has 0 aromatic heterocycles. The molecule has 0 atom stereocenters. The number of nitro groups is 1. The molecule has 4 heteroatoms. The first kappa shape index (κ1) is 7.81. The van der Waals surface area contributed by atoms with Crippen molar-refractivity contribution in [3.05, 3.63) is 22.3 Å². The number of hydrogen-bond acceptors (Lipinski definition) is 3. The van der Waals surface area contributed by atoms with Crippen molar-refractivity contribution >= 4 is 5.84 Å². The number of aliphatic imine (C=N–C) groups is 1. The monoisotopic (exact) mass is 128 g/mol. The summed E-state index contributed by atoms with van der Waals surface area (Å²) in [5.41, 5.74) is 0. The highest BCUT2D eigenvalue weighted by Crippen LogP contribution is 1.81. The Morgan fingerprint density at radius 3 is 2.44 bits per heavy atom. The van der Waals surface area contributed by atoms with E-state index in [1.807, 2.05) is 0 Å². The van der Waals surface area contributed by atoms with Crippen LogP contribution in [0, 0.1) is 10.1 Å². The number of rotatable bonds is 1. The van der Waals surface area contributed by atoms with Crippen LogP contribution in [-0.4, -0.2) is 17.8 Å². The summed E-state index contributed by atoms with van der Waals surface area (Å²) in [6.45, 7) is 1.70. The van der Waals surface area contributed by atoms with Crippen LogP contribution in [0.15, 0.2) is 17.1 Å². The molecule has 50 valence electrons. The molecule has 0 aliphatic rings. The molecule has 0 spiro atoms. The van der Waals surface area contributed by atoms with Crippen LogP contribution in [0.2, 0.25) is 0 Å². The van der Waals surface area contributed by atoms with Crippen LogP contribution in [0.5, 0.6) is 0 Å². The highest BCUT2D eigenvalue weighted by Gasteiger charge is 2.01. The van der Waals surface area contributed by atoms with Gasteiger partial charge in [-0.2, -0.15) is 0 Å². The Bertz CT molecular complexity index is 160. The van der Waals surface area contributed by atoms with Crippen molar-refractivity contribution in [2.75, 3.05) is 7.05 Å². The van der Waals surface area contributed by atoms with Gasteiger partial charge in [-0.15, -0.1) is 0 Å². The molecule has 0 unspecified atom stereocenters. The SMILES string of the molecule is C/C=C\C(=NC)[N+](=O)[O-]. The topological polar surface area (TPSA) is 55.5 Å². The molecule has 0 saturated carbocycles. The summed E-state index contributed by atoms with van der Waals surface area (Å²) < 4.78 is 0. The Balaban J connectivity index is 4.19. The molecule has 4 nitrogen and oxygen atoms in total. The molecule has 0 fully saturated rings. The van der Waals surface area contributed by atoms with Crippen molar-refractivity contribution in [3.8, 4) is 0 Å². The first-order chi connectivity index (χ1) is 4.22.